The Balaban J connectivity index is 1.31. The van der Waals surface area contributed by atoms with Gasteiger partial charge in [0, 0.05) is 0 Å². The molecule has 0 bridgehead atoms. The lowest BCUT2D eigenvalue weighted by Crippen LogP contribution is -2.28. The van der Waals surface area contributed by atoms with E-state index < -0.39 is 0 Å². The summed E-state index contributed by atoms with van der Waals surface area (Å²) in [6.45, 7) is 4.66. The van der Waals surface area contributed by atoms with Crippen LogP contribution >= 0.6 is 34.4 Å². The van der Waals surface area contributed by atoms with Crippen LogP contribution in [0.25, 0.3) is 16.8 Å². The van der Waals surface area contributed by atoms with Gasteiger partial charge in [0.05, 0.1) is 27.0 Å². The monoisotopic (exact) mass is 724 g/mol. The molecule has 0 radical (unpaired) electrons. The Morgan fingerprint density at radius 1 is 0.867 bits per heavy atom. The zero-order valence-corrected chi connectivity index (χ0v) is 28.4. The van der Waals surface area contributed by atoms with Gasteiger partial charge in [-0.3, -0.25) is 9.69 Å². The summed E-state index contributed by atoms with van der Waals surface area (Å²) in [5, 5.41) is 2.97. The molecule has 0 N–H and O–H groups in total. The molecule has 0 atom stereocenters. The minimum atomic E-state index is -0.113. The van der Waals surface area contributed by atoms with E-state index in [1.54, 1.807) is 12.0 Å². The van der Waals surface area contributed by atoms with Gasteiger partial charge < -0.3 is 9.47 Å². The van der Waals surface area contributed by atoms with E-state index in [9.17, 15) is 4.79 Å². The van der Waals surface area contributed by atoms with Gasteiger partial charge in [0.1, 0.15) is 6.61 Å². The number of thioether (sulfide) groups is 1. The maximum absolute atomic E-state index is 13.9. The van der Waals surface area contributed by atoms with Crippen LogP contribution < -0.4 is 14.4 Å². The summed E-state index contributed by atoms with van der Waals surface area (Å²) in [7, 11) is 1.64. The molecule has 1 fully saturated rings. The molecular weight excluding hydrogens is 691 g/mol. The number of amides is 1. The van der Waals surface area contributed by atoms with Crippen molar-refractivity contribution < 1.29 is 14.3 Å². The van der Waals surface area contributed by atoms with Crippen molar-refractivity contribution in [3.8, 4) is 11.5 Å². The largest absolute Gasteiger partial charge is 0.493 e. The summed E-state index contributed by atoms with van der Waals surface area (Å²) in [5.74, 6) is 1.17. The number of rotatable bonds is 9. The Morgan fingerprint density at radius 3 is 2.27 bits per heavy atom. The molecule has 0 aliphatic carbocycles. The molecule has 5 aromatic carbocycles. The highest BCUT2D eigenvalue weighted by Crippen LogP contribution is 2.40. The van der Waals surface area contributed by atoms with E-state index in [1.807, 2.05) is 60.7 Å². The molecule has 0 spiro atoms. The highest BCUT2D eigenvalue weighted by Gasteiger charge is 2.35. The third-order valence-electron chi connectivity index (χ3n) is 7.78. The van der Waals surface area contributed by atoms with Gasteiger partial charge in [-0.2, -0.15) is 0 Å². The van der Waals surface area contributed by atoms with Crippen molar-refractivity contribution in [3.05, 3.63) is 134 Å². The first-order valence-electron chi connectivity index (χ1n) is 14.9. The molecular formula is C38H33IN2O3S. The number of ether oxygens (including phenoxy) is 2. The number of nitrogens with zero attached hydrogens (tertiary/aromatic N) is 2. The number of fused-ring (bicyclic) bond motifs is 1. The average Bonchev–Trinajstić information content (AvgIpc) is 3.37. The summed E-state index contributed by atoms with van der Waals surface area (Å²) in [6, 6.07) is 34.7. The molecule has 0 unspecified atom stereocenters. The van der Waals surface area contributed by atoms with E-state index >= 15 is 0 Å². The van der Waals surface area contributed by atoms with E-state index in [4.69, 9.17) is 14.5 Å². The van der Waals surface area contributed by atoms with Gasteiger partial charge in [-0.05, 0) is 123 Å². The standard InChI is InChI=1S/C38H33IN2O3S/c1-4-25-13-17-30(18-14-25)40-38-41(31-19-15-26(5-2)16-20-31)37(42)35(45-38)23-27-21-33(39)36(34(22-27)43-3)44-24-29-11-8-10-28-9-6-7-12-32(28)29/h6-23H,4-5,24H2,1-3H3/b35-23-,40-38?. The molecule has 6 rings (SSSR count). The van der Waals surface area contributed by atoms with Crippen molar-refractivity contribution in [1.82, 2.24) is 0 Å². The lowest BCUT2D eigenvalue weighted by Gasteiger charge is -2.16. The van der Waals surface area contributed by atoms with Crippen LogP contribution in [0.4, 0.5) is 11.4 Å². The molecule has 5 aromatic rings. The number of hydrogen-bond acceptors (Lipinski definition) is 5. The number of carbonyl (C=O) groups excluding carboxylic acids is 1. The first-order valence-corrected chi connectivity index (χ1v) is 16.8. The zero-order valence-electron chi connectivity index (χ0n) is 25.4. The van der Waals surface area contributed by atoms with Gasteiger partial charge >= 0.3 is 0 Å². The number of benzene rings is 5. The molecule has 5 nitrogen and oxygen atoms in total. The van der Waals surface area contributed by atoms with Gasteiger partial charge in [-0.25, -0.2) is 4.99 Å². The van der Waals surface area contributed by atoms with Crippen LogP contribution in [-0.2, 0) is 24.2 Å². The van der Waals surface area contributed by atoms with Crippen molar-refractivity contribution in [2.24, 2.45) is 4.99 Å². The van der Waals surface area contributed by atoms with Crippen molar-refractivity contribution in [3.63, 3.8) is 0 Å². The van der Waals surface area contributed by atoms with Crippen molar-refractivity contribution in [2.45, 2.75) is 33.3 Å². The molecule has 1 saturated heterocycles. The summed E-state index contributed by atoms with van der Waals surface area (Å²) in [5.41, 5.74) is 6.01. The lowest BCUT2D eigenvalue weighted by molar-refractivity contribution is -0.113. The van der Waals surface area contributed by atoms with Gasteiger partial charge in [-0.15, -0.1) is 0 Å². The van der Waals surface area contributed by atoms with E-state index in [0.29, 0.717) is 28.2 Å². The third-order valence-corrected chi connectivity index (χ3v) is 9.55. The lowest BCUT2D eigenvalue weighted by atomic mass is 10.1. The summed E-state index contributed by atoms with van der Waals surface area (Å²) in [6.07, 6.45) is 3.80. The summed E-state index contributed by atoms with van der Waals surface area (Å²) < 4.78 is 13.0. The minimum absolute atomic E-state index is 0.113. The van der Waals surface area contributed by atoms with Gasteiger partial charge in [0.25, 0.3) is 5.91 Å². The molecule has 1 aliphatic rings. The predicted molar refractivity (Wildman–Crippen MR) is 196 cm³/mol. The van der Waals surface area contributed by atoms with Crippen LogP contribution in [0.15, 0.2) is 113 Å². The Labute approximate surface area is 282 Å². The minimum Gasteiger partial charge on any atom is -0.493 e. The number of methoxy groups -OCH3 is 1. The van der Waals surface area contributed by atoms with Crippen LogP contribution in [0.1, 0.15) is 36.1 Å². The molecule has 1 aliphatic heterocycles. The van der Waals surface area contributed by atoms with Crippen LogP contribution in [0, 0.1) is 3.57 Å². The van der Waals surface area contributed by atoms with E-state index in [1.165, 1.54) is 33.7 Å². The van der Waals surface area contributed by atoms with Gasteiger partial charge in [-0.1, -0.05) is 80.6 Å². The topological polar surface area (TPSA) is 51.1 Å². The molecule has 7 heteroatoms. The highest BCUT2D eigenvalue weighted by molar-refractivity contribution is 14.1. The SMILES string of the molecule is CCc1ccc(N=C2S/C(=C\c3cc(I)c(OCc4cccc5ccccc45)c(OC)c3)C(=O)N2c2ccc(CC)cc2)cc1. The summed E-state index contributed by atoms with van der Waals surface area (Å²) in [4.78, 5) is 21.1. The fourth-order valence-corrected chi connectivity index (χ4v) is 7.04. The van der Waals surface area contributed by atoms with Crippen molar-refractivity contribution >= 4 is 73.7 Å². The Bertz CT molecular complexity index is 1910. The smallest absolute Gasteiger partial charge is 0.271 e. The number of halogens is 1. The molecule has 0 aromatic heterocycles. The van der Waals surface area contributed by atoms with E-state index in [2.05, 4.69) is 85.0 Å². The van der Waals surface area contributed by atoms with Crippen LogP contribution in [0.2, 0.25) is 0 Å². The van der Waals surface area contributed by atoms with E-state index in [-0.39, 0.29) is 5.91 Å². The Kier molecular flexibility index (Phi) is 9.56. The zero-order chi connectivity index (χ0) is 31.3. The second kappa shape index (κ2) is 13.9. The highest BCUT2D eigenvalue weighted by atomic mass is 127. The first kappa shape index (κ1) is 30.9. The quantitative estimate of drug-likeness (QED) is 0.112. The molecule has 45 heavy (non-hydrogen) atoms. The number of aryl methyl sites for hydroxylation is 2. The number of anilines is 1. The van der Waals surface area contributed by atoms with Gasteiger partial charge in [0.15, 0.2) is 16.7 Å². The fraction of sp³-hybridized carbons (Fsp3) is 0.158. The van der Waals surface area contributed by atoms with Crippen LogP contribution in [0.3, 0.4) is 0 Å². The maximum atomic E-state index is 13.9. The summed E-state index contributed by atoms with van der Waals surface area (Å²) >= 11 is 3.65. The first-order chi connectivity index (χ1) is 22.0. The molecule has 1 heterocycles. The Hall–Kier alpha value is -4.08. The number of amidine groups is 1. The van der Waals surface area contributed by atoms with Crippen molar-refractivity contribution in [1.29, 1.82) is 0 Å². The van der Waals surface area contributed by atoms with E-state index in [0.717, 1.165) is 38.9 Å². The van der Waals surface area contributed by atoms with Gasteiger partial charge in [0.2, 0.25) is 0 Å². The normalized spacial score (nSPS) is 14.9. The molecule has 0 saturated carbocycles. The number of aliphatic imine (C=N–C) groups is 1. The Morgan fingerprint density at radius 2 is 1.56 bits per heavy atom. The fourth-order valence-electron chi connectivity index (χ4n) is 5.26. The average molecular weight is 725 g/mol. The maximum Gasteiger partial charge on any atom is 0.271 e. The second-order valence-electron chi connectivity index (χ2n) is 10.6. The molecule has 226 valence electrons. The van der Waals surface area contributed by atoms with Crippen molar-refractivity contribution in [2.75, 3.05) is 12.0 Å². The molecule has 1 amide bonds. The van der Waals surface area contributed by atoms with Crippen LogP contribution in [-0.4, -0.2) is 18.2 Å². The number of carbonyl (C=O) groups is 1. The second-order valence-corrected chi connectivity index (χ2v) is 12.8. The predicted octanol–water partition coefficient (Wildman–Crippen LogP) is 9.97. The third kappa shape index (κ3) is 6.79. The number of hydrogen-bond donors (Lipinski definition) is 0. The van der Waals surface area contributed by atoms with Crippen LogP contribution in [0.5, 0.6) is 11.5 Å².